The van der Waals surface area contributed by atoms with E-state index in [4.69, 9.17) is 5.73 Å². The number of alkyl halides is 4. The molecule has 0 spiro atoms. The van der Waals surface area contributed by atoms with Crippen molar-refractivity contribution in [2.45, 2.75) is 26.2 Å². The molecule has 0 aromatic heterocycles. The fourth-order valence-corrected chi connectivity index (χ4v) is 0.431. The molecule has 0 aliphatic carbocycles. The minimum atomic E-state index is -4.01. The lowest BCUT2D eigenvalue weighted by Crippen LogP contribution is -2.47. The van der Waals surface area contributed by atoms with Crippen LogP contribution in [-0.4, -0.2) is 18.9 Å². The summed E-state index contributed by atoms with van der Waals surface area (Å²) in [5.41, 5.74) is 3.07. The third-order valence-corrected chi connectivity index (χ3v) is 1.69. The molecule has 2 N–H and O–H groups in total. The molecule has 0 rings (SSSR count). The summed E-state index contributed by atoms with van der Waals surface area (Å²) in [6.07, 6.45) is -3.65. The fourth-order valence-electron chi connectivity index (χ4n) is 0.431. The van der Waals surface area contributed by atoms with E-state index in [0.717, 1.165) is 13.8 Å². The Labute approximate surface area is 62.6 Å². The van der Waals surface area contributed by atoms with E-state index < -0.39 is 24.3 Å². The quantitative estimate of drug-likeness (QED) is 0.648. The van der Waals surface area contributed by atoms with Gasteiger partial charge in [-0.05, 0) is 0 Å². The van der Waals surface area contributed by atoms with Gasteiger partial charge in [0, 0.05) is 12.0 Å². The van der Waals surface area contributed by atoms with Gasteiger partial charge in [0.2, 0.25) is 0 Å². The van der Waals surface area contributed by atoms with Crippen LogP contribution in [0.5, 0.6) is 0 Å². The summed E-state index contributed by atoms with van der Waals surface area (Å²) in [6.45, 7) is 1.56. The number of hydrogen-bond acceptors (Lipinski definition) is 1. The Morgan fingerprint density at radius 2 is 1.64 bits per heavy atom. The van der Waals surface area contributed by atoms with Crippen molar-refractivity contribution in [1.82, 2.24) is 0 Å². The topological polar surface area (TPSA) is 26.0 Å². The zero-order valence-electron chi connectivity index (χ0n) is 6.37. The van der Waals surface area contributed by atoms with Gasteiger partial charge < -0.3 is 5.73 Å². The lowest BCUT2D eigenvalue weighted by Gasteiger charge is -2.31. The molecule has 0 unspecified atom stereocenters. The second kappa shape index (κ2) is 2.97. The van der Waals surface area contributed by atoms with Crippen molar-refractivity contribution >= 4 is 0 Å². The molecule has 0 saturated carbocycles. The van der Waals surface area contributed by atoms with Gasteiger partial charge in [0.05, 0.1) is 0 Å². The van der Waals surface area contributed by atoms with Gasteiger partial charge in [-0.25, -0.2) is 8.78 Å². The lowest BCUT2D eigenvalue weighted by atomic mass is 9.86. The van der Waals surface area contributed by atoms with E-state index in [1.165, 1.54) is 0 Å². The smallest absolute Gasteiger partial charge is 0.313 e. The average molecular weight is 173 g/mol. The molecule has 0 aromatic rings. The maximum Gasteiger partial charge on any atom is 0.313 e. The van der Waals surface area contributed by atoms with Crippen LogP contribution in [0, 0.1) is 5.41 Å². The Morgan fingerprint density at radius 3 is 1.73 bits per heavy atom. The Hall–Kier alpha value is -0.320. The van der Waals surface area contributed by atoms with Gasteiger partial charge in [0.1, 0.15) is 0 Å². The number of halogens is 4. The maximum atomic E-state index is 12.5. The third-order valence-electron chi connectivity index (χ3n) is 1.69. The highest BCUT2D eigenvalue weighted by Crippen LogP contribution is 2.39. The van der Waals surface area contributed by atoms with Crippen molar-refractivity contribution in [3.63, 3.8) is 0 Å². The molecule has 68 valence electrons. The molecule has 0 bridgehead atoms. The predicted octanol–water partition coefficient (Wildman–Crippen LogP) is 1.87. The maximum absolute atomic E-state index is 12.5. The summed E-state index contributed by atoms with van der Waals surface area (Å²) < 4.78 is 48.4. The van der Waals surface area contributed by atoms with Crippen molar-refractivity contribution in [2.75, 3.05) is 6.54 Å². The molecular weight excluding hydrogens is 162 g/mol. The van der Waals surface area contributed by atoms with Gasteiger partial charge in [0.15, 0.2) is 0 Å². The Kier molecular flexibility index (Phi) is 2.88. The van der Waals surface area contributed by atoms with Gasteiger partial charge in [-0.3, -0.25) is 0 Å². The second-order valence-electron chi connectivity index (χ2n) is 3.01. The third kappa shape index (κ3) is 1.83. The molecule has 11 heavy (non-hydrogen) atoms. The molecule has 0 amide bonds. The lowest BCUT2D eigenvalue weighted by molar-refractivity contribution is -0.193. The molecule has 0 aliphatic heterocycles. The highest BCUT2D eigenvalue weighted by atomic mass is 19.3. The normalized spacial score (nSPS) is 14.2. The van der Waals surface area contributed by atoms with Crippen LogP contribution < -0.4 is 5.73 Å². The number of rotatable bonds is 3. The minimum Gasteiger partial charge on any atom is -0.330 e. The van der Waals surface area contributed by atoms with E-state index in [-0.39, 0.29) is 0 Å². The number of nitrogens with two attached hydrogens (primary N) is 1. The van der Waals surface area contributed by atoms with Gasteiger partial charge >= 0.3 is 12.3 Å². The fraction of sp³-hybridized carbons (Fsp3) is 1.00. The molecule has 5 heteroatoms. The highest BCUT2D eigenvalue weighted by Gasteiger charge is 2.53. The Balaban J connectivity index is 4.53. The largest absolute Gasteiger partial charge is 0.330 e. The van der Waals surface area contributed by atoms with E-state index in [1.54, 1.807) is 0 Å². The van der Waals surface area contributed by atoms with E-state index >= 15 is 0 Å². The van der Waals surface area contributed by atoms with Crippen LogP contribution >= 0.6 is 0 Å². The summed E-state index contributed by atoms with van der Waals surface area (Å²) >= 11 is 0. The van der Waals surface area contributed by atoms with Crippen molar-refractivity contribution < 1.29 is 17.6 Å². The summed E-state index contributed by atoms with van der Waals surface area (Å²) in [5.74, 6) is -4.01. The average Bonchev–Trinajstić information content (AvgIpc) is 1.87. The van der Waals surface area contributed by atoms with Crippen LogP contribution in [0.3, 0.4) is 0 Å². The molecule has 0 saturated heterocycles. The predicted molar refractivity (Wildman–Crippen MR) is 33.8 cm³/mol. The van der Waals surface area contributed by atoms with Crippen molar-refractivity contribution in [3.8, 4) is 0 Å². The van der Waals surface area contributed by atoms with E-state index in [9.17, 15) is 17.6 Å². The first kappa shape index (κ1) is 10.7. The Bertz CT molecular complexity index is 133. The van der Waals surface area contributed by atoms with E-state index in [2.05, 4.69) is 0 Å². The van der Waals surface area contributed by atoms with Crippen LogP contribution in [0.25, 0.3) is 0 Å². The summed E-state index contributed by atoms with van der Waals surface area (Å²) in [5, 5.41) is 0. The summed E-state index contributed by atoms with van der Waals surface area (Å²) in [7, 11) is 0. The van der Waals surface area contributed by atoms with Crippen molar-refractivity contribution in [2.24, 2.45) is 11.1 Å². The molecular formula is C6H11F4N. The standard InChI is InChI=1S/C6H11F4N/c1-5(2,3-11)6(9,10)4(7)8/h4H,3,11H2,1-2H3. The molecule has 0 aromatic carbocycles. The van der Waals surface area contributed by atoms with Gasteiger partial charge in [0.25, 0.3) is 0 Å². The molecule has 0 aliphatic rings. The Morgan fingerprint density at radius 1 is 1.27 bits per heavy atom. The molecule has 0 radical (unpaired) electrons. The van der Waals surface area contributed by atoms with Crippen LogP contribution in [0.15, 0.2) is 0 Å². The highest BCUT2D eigenvalue weighted by molar-refractivity contribution is 4.87. The zero-order valence-corrected chi connectivity index (χ0v) is 6.37. The van der Waals surface area contributed by atoms with Gasteiger partial charge in [-0.2, -0.15) is 8.78 Å². The first-order valence-electron chi connectivity index (χ1n) is 3.11. The summed E-state index contributed by atoms with van der Waals surface area (Å²) in [6, 6.07) is 0. The van der Waals surface area contributed by atoms with Crippen LogP contribution in [0.1, 0.15) is 13.8 Å². The van der Waals surface area contributed by atoms with Gasteiger partial charge in [-0.15, -0.1) is 0 Å². The second-order valence-corrected chi connectivity index (χ2v) is 3.01. The van der Waals surface area contributed by atoms with Crippen molar-refractivity contribution in [3.05, 3.63) is 0 Å². The van der Waals surface area contributed by atoms with Gasteiger partial charge in [-0.1, -0.05) is 13.8 Å². The van der Waals surface area contributed by atoms with Crippen LogP contribution in [-0.2, 0) is 0 Å². The van der Waals surface area contributed by atoms with Crippen LogP contribution in [0.2, 0.25) is 0 Å². The molecule has 0 fully saturated rings. The molecule has 0 heterocycles. The van der Waals surface area contributed by atoms with E-state index in [0.29, 0.717) is 0 Å². The summed E-state index contributed by atoms with van der Waals surface area (Å²) in [4.78, 5) is 0. The SMILES string of the molecule is CC(C)(CN)C(F)(F)C(F)F. The molecule has 1 nitrogen and oxygen atoms in total. The number of hydrogen-bond donors (Lipinski definition) is 1. The molecule has 0 atom stereocenters. The minimum absolute atomic E-state index is 0.468. The monoisotopic (exact) mass is 173 g/mol. The zero-order chi connectivity index (χ0) is 9.28. The first-order chi connectivity index (χ1) is 4.75. The van der Waals surface area contributed by atoms with Crippen molar-refractivity contribution in [1.29, 1.82) is 0 Å². The van der Waals surface area contributed by atoms with Crippen LogP contribution in [0.4, 0.5) is 17.6 Å². The first-order valence-corrected chi connectivity index (χ1v) is 3.11. The van der Waals surface area contributed by atoms with E-state index in [1.807, 2.05) is 0 Å².